The second-order valence-electron chi connectivity index (χ2n) is 9.22. The summed E-state index contributed by atoms with van der Waals surface area (Å²) in [5.41, 5.74) is 1.44. The fourth-order valence-corrected chi connectivity index (χ4v) is 6.31. The average molecular weight is 604 g/mol. The van der Waals surface area contributed by atoms with E-state index in [0.29, 0.717) is 49.7 Å². The van der Waals surface area contributed by atoms with Crippen molar-refractivity contribution in [1.29, 1.82) is 0 Å². The number of amides is 2. The largest absolute Gasteiger partial charge is 0.493 e. The first-order valence-electron chi connectivity index (χ1n) is 13.1. The van der Waals surface area contributed by atoms with Gasteiger partial charge in [0.1, 0.15) is 0 Å². The number of hydrogen-bond donors (Lipinski definition) is 1. The number of nitrogens with one attached hydrogen (secondary N) is 1. The SMILES string of the molecule is COCCCN(CC(=O)N(CCc1ccc(OC)c(OC)c1)Cc1cccs1)S(=O)(=O)c1ccc(NC(C)=O)cc1. The Labute approximate surface area is 245 Å². The van der Waals surface area contributed by atoms with Gasteiger partial charge in [0.2, 0.25) is 21.8 Å². The van der Waals surface area contributed by atoms with Crippen molar-refractivity contribution in [3.05, 3.63) is 70.4 Å². The molecule has 12 heteroatoms. The first-order chi connectivity index (χ1) is 19.7. The first-order valence-corrected chi connectivity index (χ1v) is 15.4. The van der Waals surface area contributed by atoms with Crippen LogP contribution in [0.2, 0.25) is 0 Å². The first kappa shape index (κ1) is 32.1. The lowest BCUT2D eigenvalue weighted by atomic mass is 10.1. The highest BCUT2D eigenvalue weighted by Crippen LogP contribution is 2.28. The highest BCUT2D eigenvalue weighted by Gasteiger charge is 2.28. The minimum atomic E-state index is -4.01. The molecule has 0 spiro atoms. The zero-order chi connectivity index (χ0) is 29.8. The minimum Gasteiger partial charge on any atom is -0.493 e. The second-order valence-corrected chi connectivity index (χ2v) is 12.2. The Hall–Kier alpha value is -3.45. The third-order valence-corrected chi connectivity index (χ3v) is 9.00. The van der Waals surface area contributed by atoms with Gasteiger partial charge >= 0.3 is 0 Å². The summed E-state index contributed by atoms with van der Waals surface area (Å²) in [6.45, 7) is 2.25. The van der Waals surface area contributed by atoms with E-state index in [0.717, 1.165) is 10.4 Å². The van der Waals surface area contributed by atoms with Gasteiger partial charge < -0.3 is 24.4 Å². The molecule has 2 aromatic carbocycles. The molecular weight excluding hydrogens is 566 g/mol. The van der Waals surface area contributed by atoms with Crippen LogP contribution in [0.3, 0.4) is 0 Å². The summed E-state index contributed by atoms with van der Waals surface area (Å²) >= 11 is 1.54. The van der Waals surface area contributed by atoms with E-state index in [1.807, 2.05) is 35.7 Å². The molecule has 10 nitrogen and oxygen atoms in total. The van der Waals surface area contributed by atoms with E-state index in [-0.39, 0.29) is 29.8 Å². The monoisotopic (exact) mass is 603 g/mol. The molecule has 1 N–H and O–H groups in total. The van der Waals surface area contributed by atoms with Gasteiger partial charge in [-0.25, -0.2) is 8.42 Å². The molecule has 41 heavy (non-hydrogen) atoms. The number of thiophene rings is 1. The molecule has 0 saturated heterocycles. The van der Waals surface area contributed by atoms with E-state index in [2.05, 4.69) is 5.32 Å². The lowest BCUT2D eigenvalue weighted by Crippen LogP contribution is -2.43. The van der Waals surface area contributed by atoms with Crippen molar-refractivity contribution in [2.45, 2.75) is 31.2 Å². The predicted molar refractivity (Wildman–Crippen MR) is 159 cm³/mol. The summed E-state index contributed by atoms with van der Waals surface area (Å²) in [4.78, 5) is 27.8. The maximum Gasteiger partial charge on any atom is 0.243 e. The molecular formula is C29H37N3O7S2. The highest BCUT2D eigenvalue weighted by molar-refractivity contribution is 7.89. The Kier molecular flexibility index (Phi) is 12.1. The smallest absolute Gasteiger partial charge is 0.243 e. The number of ether oxygens (including phenoxy) is 3. The fraction of sp³-hybridized carbons (Fsp3) is 0.379. The van der Waals surface area contributed by atoms with Crippen LogP contribution < -0.4 is 14.8 Å². The van der Waals surface area contributed by atoms with E-state index in [1.54, 1.807) is 26.2 Å². The molecule has 0 aliphatic heterocycles. The molecule has 0 saturated carbocycles. The fourth-order valence-electron chi connectivity index (χ4n) is 4.17. The lowest BCUT2D eigenvalue weighted by molar-refractivity contribution is -0.132. The van der Waals surface area contributed by atoms with Gasteiger partial charge in [-0.1, -0.05) is 12.1 Å². The van der Waals surface area contributed by atoms with Gasteiger partial charge in [0.25, 0.3) is 0 Å². The zero-order valence-electron chi connectivity index (χ0n) is 23.8. The van der Waals surface area contributed by atoms with Crippen LogP contribution in [0.1, 0.15) is 23.8 Å². The van der Waals surface area contributed by atoms with Gasteiger partial charge in [0.15, 0.2) is 11.5 Å². The number of rotatable bonds is 16. The number of carbonyl (C=O) groups excluding carboxylic acids is 2. The maximum absolute atomic E-state index is 13.7. The molecule has 0 bridgehead atoms. The summed E-state index contributed by atoms with van der Waals surface area (Å²) in [7, 11) is 0.674. The van der Waals surface area contributed by atoms with E-state index in [1.165, 1.54) is 46.8 Å². The Morgan fingerprint density at radius 2 is 1.68 bits per heavy atom. The molecule has 0 fully saturated rings. The van der Waals surface area contributed by atoms with Crippen LogP contribution in [0.15, 0.2) is 64.9 Å². The van der Waals surface area contributed by atoms with Gasteiger partial charge in [-0.3, -0.25) is 9.59 Å². The Bertz CT molecular complexity index is 1380. The Morgan fingerprint density at radius 1 is 0.951 bits per heavy atom. The van der Waals surface area contributed by atoms with Crippen molar-refractivity contribution in [1.82, 2.24) is 9.21 Å². The summed E-state index contributed by atoms with van der Waals surface area (Å²) in [6.07, 6.45) is 0.960. The van der Waals surface area contributed by atoms with Crippen molar-refractivity contribution in [3.8, 4) is 11.5 Å². The topological polar surface area (TPSA) is 114 Å². The number of anilines is 1. The van der Waals surface area contributed by atoms with Gasteiger partial charge in [-0.2, -0.15) is 4.31 Å². The molecule has 0 radical (unpaired) electrons. The standard InChI is InChI=1S/C29H37N3O7S2/c1-22(33)30-24-9-11-26(12-10-24)41(35,36)32(15-6-17-37-2)21-29(34)31(20-25-7-5-18-40-25)16-14-23-8-13-27(38-3)28(19-23)39-4/h5,7-13,18-19H,6,14-17,20-21H2,1-4H3,(H,30,33). The molecule has 0 atom stereocenters. The van der Waals surface area contributed by atoms with Crippen LogP contribution in [-0.2, 0) is 37.3 Å². The van der Waals surface area contributed by atoms with E-state index in [9.17, 15) is 18.0 Å². The number of sulfonamides is 1. The van der Waals surface area contributed by atoms with Gasteiger partial charge in [0.05, 0.1) is 32.2 Å². The third kappa shape index (κ3) is 9.28. The molecule has 0 aliphatic rings. The van der Waals surface area contributed by atoms with Crippen LogP contribution >= 0.6 is 11.3 Å². The predicted octanol–water partition coefficient (Wildman–Crippen LogP) is 4.02. The molecule has 3 rings (SSSR count). The highest BCUT2D eigenvalue weighted by atomic mass is 32.2. The number of hydrogen-bond acceptors (Lipinski definition) is 8. The molecule has 2 amide bonds. The summed E-state index contributed by atoms with van der Waals surface area (Å²) in [5.74, 6) is 0.645. The Balaban J connectivity index is 1.83. The summed E-state index contributed by atoms with van der Waals surface area (Å²) in [5, 5.41) is 4.57. The molecule has 1 heterocycles. The average Bonchev–Trinajstić information content (AvgIpc) is 3.47. The molecule has 0 unspecified atom stereocenters. The number of nitrogens with zero attached hydrogens (tertiary/aromatic N) is 2. The zero-order valence-corrected chi connectivity index (χ0v) is 25.4. The lowest BCUT2D eigenvalue weighted by Gasteiger charge is -2.27. The Morgan fingerprint density at radius 3 is 2.29 bits per heavy atom. The molecule has 1 aromatic heterocycles. The van der Waals surface area contributed by atoms with Crippen molar-refractivity contribution in [2.24, 2.45) is 0 Å². The van der Waals surface area contributed by atoms with E-state index < -0.39 is 10.0 Å². The third-order valence-electron chi connectivity index (χ3n) is 6.28. The van der Waals surface area contributed by atoms with Gasteiger partial charge in [-0.05, 0) is 66.2 Å². The molecule has 3 aromatic rings. The van der Waals surface area contributed by atoms with Crippen LogP contribution in [-0.4, -0.2) is 77.0 Å². The quantitative estimate of drug-likeness (QED) is 0.246. The maximum atomic E-state index is 13.7. The van der Waals surface area contributed by atoms with Crippen LogP contribution in [0, 0.1) is 0 Å². The van der Waals surface area contributed by atoms with E-state index in [4.69, 9.17) is 14.2 Å². The number of methoxy groups -OCH3 is 3. The number of benzene rings is 2. The second kappa shape index (κ2) is 15.5. The van der Waals surface area contributed by atoms with Crippen molar-refractivity contribution in [2.75, 3.05) is 52.9 Å². The normalized spacial score (nSPS) is 11.3. The van der Waals surface area contributed by atoms with Crippen LogP contribution in [0.4, 0.5) is 5.69 Å². The van der Waals surface area contributed by atoms with Crippen LogP contribution in [0.25, 0.3) is 0 Å². The van der Waals surface area contributed by atoms with Gasteiger partial charge in [-0.15, -0.1) is 11.3 Å². The van der Waals surface area contributed by atoms with Gasteiger partial charge in [0, 0.05) is 44.3 Å². The van der Waals surface area contributed by atoms with Crippen molar-refractivity contribution < 1.29 is 32.2 Å². The van der Waals surface area contributed by atoms with Crippen molar-refractivity contribution >= 4 is 38.9 Å². The minimum absolute atomic E-state index is 0.0342. The summed E-state index contributed by atoms with van der Waals surface area (Å²) in [6, 6.07) is 15.4. The molecule has 0 aliphatic carbocycles. The number of carbonyl (C=O) groups is 2. The summed E-state index contributed by atoms with van der Waals surface area (Å²) < 4.78 is 44.4. The molecule has 222 valence electrons. The van der Waals surface area contributed by atoms with Crippen LogP contribution in [0.5, 0.6) is 11.5 Å². The van der Waals surface area contributed by atoms with Crippen molar-refractivity contribution in [3.63, 3.8) is 0 Å². The van der Waals surface area contributed by atoms with E-state index >= 15 is 0 Å².